The monoisotopic (exact) mass is 295 g/mol. The first-order valence-electron chi connectivity index (χ1n) is 4.76. The molecule has 0 amide bonds. The third kappa shape index (κ3) is 3.05. The van der Waals surface area contributed by atoms with Crippen molar-refractivity contribution in [2.24, 2.45) is 0 Å². The van der Waals surface area contributed by atoms with Gasteiger partial charge in [-0.2, -0.15) is 4.98 Å². The van der Waals surface area contributed by atoms with Gasteiger partial charge in [0.05, 0.1) is 17.8 Å². The van der Waals surface area contributed by atoms with Gasteiger partial charge in [0.25, 0.3) is 5.88 Å². The first-order chi connectivity index (χ1) is 8.44. The number of nitrogens with zero attached hydrogens (tertiary/aromatic N) is 3. The first kappa shape index (κ1) is 14.6. The van der Waals surface area contributed by atoms with Gasteiger partial charge in [0.1, 0.15) is 6.33 Å². The number of methoxy groups -OCH3 is 1. The van der Waals surface area contributed by atoms with E-state index in [-0.39, 0.29) is 23.9 Å². The summed E-state index contributed by atoms with van der Waals surface area (Å²) in [5.41, 5.74) is -0.755. The number of ether oxygens (including phenoxy) is 1. The lowest BCUT2D eigenvalue weighted by Crippen LogP contribution is -2.13. The lowest BCUT2D eigenvalue weighted by atomic mass is 10.5. The summed E-state index contributed by atoms with van der Waals surface area (Å²) >= 11 is 5.40. The van der Waals surface area contributed by atoms with Gasteiger partial charge < -0.3 is 4.74 Å². The number of sulfone groups is 1. The molecule has 0 saturated carbocycles. The van der Waals surface area contributed by atoms with E-state index in [9.17, 15) is 18.5 Å². The van der Waals surface area contributed by atoms with Crippen LogP contribution in [0.5, 0.6) is 5.88 Å². The quantitative estimate of drug-likeness (QED) is 0.330. The zero-order chi connectivity index (χ0) is 13.8. The van der Waals surface area contributed by atoms with Crippen molar-refractivity contribution in [3.63, 3.8) is 0 Å². The number of hydrogen-bond acceptors (Lipinski definition) is 7. The van der Waals surface area contributed by atoms with Gasteiger partial charge >= 0.3 is 5.69 Å². The van der Waals surface area contributed by atoms with E-state index in [1.165, 1.54) is 0 Å². The molecular formula is C8H10ClN3O5S. The SMILES string of the molecule is COc1ncnc(S(=O)(=O)CCCCl)c1[N+](=O)[O-]. The Hall–Kier alpha value is -1.48. The van der Waals surface area contributed by atoms with Crippen molar-refractivity contribution in [3.05, 3.63) is 16.4 Å². The van der Waals surface area contributed by atoms with E-state index < -0.39 is 25.5 Å². The summed E-state index contributed by atoms with van der Waals surface area (Å²) in [5.74, 6) is -0.577. The van der Waals surface area contributed by atoms with Crippen LogP contribution < -0.4 is 4.74 Å². The Morgan fingerprint density at radius 2 is 2.17 bits per heavy atom. The summed E-state index contributed by atoms with van der Waals surface area (Å²) in [6.45, 7) is 0. The highest BCUT2D eigenvalue weighted by atomic mass is 35.5. The maximum atomic E-state index is 11.9. The van der Waals surface area contributed by atoms with Crippen molar-refractivity contribution in [1.82, 2.24) is 9.97 Å². The Kier molecular flexibility index (Phi) is 4.79. The molecule has 0 fully saturated rings. The number of aromatic nitrogens is 2. The number of alkyl halides is 1. The molecule has 1 aromatic rings. The van der Waals surface area contributed by atoms with E-state index in [0.29, 0.717) is 0 Å². The molecule has 1 heterocycles. The number of hydrogen-bond donors (Lipinski definition) is 0. The second-order valence-electron chi connectivity index (χ2n) is 3.16. The highest BCUT2D eigenvalue weighted by molar-refractivity contribution is 7.91. The van der Waals surface area contributed by atoms with Gasteiger partial charge in [-0.3, -0.25) is 10.1 Å². The molecule has 0 atom stereocenters. The molecule has 0 aliphatic heterocycles. The Labute approximate surface area is 108 Å². The summed E-state index contributed by atoms with van der Waals surface area (Å²) < 4.78 is 28.4. The largest absolute Gasteiger partial charge is 0.476 e. The topological polar surface area (TPSA) is 112 Å². The van der Waals surface area contributed by atoms with E-state index in [0.717, 1.165) is 13.4 Å². The molecule has 0 radical (unpaired) electrons. The van der Waals surface area contributed by atoms with E-state index in [4.69, 9.17) is 11.6 Å². The second-order valence-corrected chi connectivity index (χ2v) is 5.56. The Morgan fingerprint density at radius 1 is 1.50 bits per heavy atom. The lowest BCUT2D eigenvalue weighted by molar-refractivity contribution is -0.389. The van der Waals surface area contributed by atoms with E-state index in [2.05, 4.69) is 14.7 Å². The third-order valence-electron chi connectivity index (χ3n) is 1.97. The molecule has 0 unspecified atom stereocenters. The van der Waals surface area contributed by atoms with Gasteiger partial charge in [-0.15, -0.1) is 11.6 Å². The van der Waals surface area contributed by atoms with E-state index in [1.807, 2.05) is 0 Å². The van der Waals surface area contributed by atoms with Crippen molar-refractivity contribution in [1.29, 1.82) is 0 Å². The Morgan fingerprint density at radius 3 is 2.67 bits per heavy atom. The fraction of sp³-hybridized carbons (Fsp3) is 0.500. The minimum atomic E-state index is -3.89. The van der Waals surface area contributed by atoms with Crippen LogP contribution in [-0.2, 0) is 9.84 Å². The van der Waals surface area contributed by atoms with Crippen LogP contribution in [0.1, 0.15) is 6.42 Å². The minimum absolute atomic E-state index is 0.134. The molecule has 1 rings (SSSR count). The molecule has 18 heavy (non-hydrogen) atoms. The summed E-state index contributed by atoms with van der Waals surface area (Å²) in [6.07, 6.45) is 1.08. The molecule has 10 heteroatoms. The van der Waals surface area contributed by atoms with Crippen LogP contribution >= 0.6 is 11.6 Å². The van der Waals surface area contributed by atoms with Crippen molar-refractivity contribution in [2.75, 3.05) is 18.7 Å². The minimum Gasteiger partial charge on any atom is -0.476 e. The molecule has 0 aliphatic rings. The zero-order valence-corrected chi connectivity index (χ0v) is 10.9. The van der Waals surface area contributed by atoms with Crippen molar-refractivity contribution in [2.45, 2.75) is 11.4 Å². The lowest BCUT2D eigenvalue weighted by Gasteiger charge is -2.05. The molecule has 100 valence electrons. The van der Waals surface area contributed by atoms with Crippen LogP contribution in [0.25, 0.3) is 0 Å². The number of rotatable bonds is 6. The van der Waals surface area contributed by atoms with Crippen LogP contribution in [0.15, 0.2) is 11.4 Å². The molecule has 0 aromatic carbocycles. The van der Waals surface area contributed by atoms with Gasteiger partial charge in [0.2, 0.25) is 14.9 Å². The third-order valence-corrected chi connectivity index (χ3v) is 3.95. The standard InChI is InChI=1S/C8H10ClN3O5S/c1-17-7-6(12(13)14)8(11-5-10-7)18(15,16)4-2-3-9/h5H,2-4H2,1H3. The van der Waals surface area contributed by atoms with Crippen LogP contribution in [0.2, 0.25) is 0 Å². The predicted molar refractivity (Wildman–Crippen MR) is 62.6 cm³/mol. The molecule has 8 nitrogen and oxygen atoms in total. The fourth-order valence-electron chi connectivity index (χ4n) is 1.22. The molecule has 0 bridgehead atoms. The Bertz CT molecular complexity index is 548. The highest BCUT2D eigenvalue weighted by Gasteiger charge is 2.32. The molecule has 1 aromatic heterocycles. The fourth-order valence-corrected chi connectivity index (χ4v) is 2.90. The normalized spacial score (nSPS) is 11.2. The second kappa shape index (κ2) is 5.91. The van der Waals surface area contributed by atoms with E-state index >= 15 is 0 Å². The van der Waals surface area contributed by atoms with Crippen molar-refractivity contribution in [3.8, 4) is 5.88 Å². The smallest absolute Gasteiger partial charge is 0.367 e. The first-order valence-corrected chi connectivity index (χ1v) is 6.94. The molecule has 0 aliphatic carbocycles. The predicted octanol–water partition coefficient (Wildman–Crippen LogP) is 0.796. The summed E-state index contributed by atoms with van der Waals surface area (Å²) in [6, 6.07) is 0. The van der Waals surface area contributed by atoms with Gasteiger partial charge in [-0.05, 0) is 6.42 Å². The van der Waals surface area contributed by atoms with Gasteiger partial charge in [0, 0.05) is 5.88 Å². The summed E-state index contributed by atoms with van der Waals surface area (Å²) in [7, 11) is -2.73. The van der Waals surface area contributed by atoms with Gasteiger partial charge in [-0.25, -0.2) is 13.4 Å². The van der Waals surface area contributed by atoms with Gasteiger partial charge in [0.15, 0.2) is 0 Å². The van der Waals surface area contributed by atoms with Gasteiger partial charge in [-0.1, -0.05) is 0 Å². The van der Waals surface area contributed by atoms with Crippen LogP contribution in [-0.4, -0.2) is 42.1 Å². The maximum absolute atomic E-state index is 11.9. The van der Waals surface area contributed by atoms with Crippen LogP contribution in [0.4, 0.5) is 5.69 Å². The Balaban J connectivity index is 3.36. The molecular weight excluding hydrogens is 286 g/mol. The molecule has 0 spiro atoms. The van der Waals surface area contributed by atoms with Crippen LogP contribution in [0.3, 0.4) is 0 Å². The summed E-state index contributed by atoms with van der Waals surface area (Å²) in [4.78, 5) is 17.0. The maximum Gasteiger partial charge on any atom is 0.367 e. The average molecular weight is 296 g/mol. The van der Waals surface area contributed by atoms with E-state index in [1.54, 1.807) is 0 Å². The average Bonchev–Trinajstić information content (AvgIpc) is 2.35. The van der Waals surface area contributed by atoms with Crippen LogP contribution in [0, 0.1) is 10.1 Å². The van der Waals surface area contributed by atoms with Crippen molar-refractivity contribution < 1.29 is 18.1 Å². The number of nitro groups is 1. The van der Waals surface area contributed by atoms with Crippen molar-refractivity contribution >= 4 is 27.1 Å². The zero-order valence-electron chi connectivity index (χ0n) is 9.37. The summed E-state index contributed by atoms with van der Waals surface area (Å²) in [5, 5.41) is 10.2. The molecule has 0 saturated heterocycles. The molecule has 0 N–H and O–H groups in total. The highest BCUT2D eigenvalue weighted by Crippen LogP contribution is 2.30. The number of halogens is 1.